The first-order chi connectivity index (χ1) is 12.9. The maximum atomic E-state index is 12.8. The molecule has 2 aromatic rings. The summed E-state index contributed by atoms with van der Waals surface area (Å²) in [5.74, 6) is -1.27. The Balaban J connectivity index is 1.96. The van der Waals surface area contributed by atoms with E-state index in [1.54, 1.807) is 12.1 Å². The molecule has 3 N–H and O–H groups in total. The number of aromatic nitrogens is 1. The molecule has 0 saturated carbocycles. The molecule has 0 spiro atoms. The summed E-state index contributed by atoms with van der Waals surface area (Å²) in [5, 5.41) is 2.63. The van der Waals surface area contributed by atoms with Crippen LogP contribution in [0.2, 0.25) is 5.02 Å². The number of imide groups is 1. The summed E-state index contributed by atoms with van der Waals surface area (Å²) in [7, 11) is 0. The maximum Gasteiger partial charge on any atom is 0.262 e. The molecule has 140 valence electrons. The van der Waals surface area contributed by atoms with Crippen LogP contribution in [0.5, 0.6) is 0 Å². The number of carbonyl (C=O) groups excluding carboxylic acids is 2. The van der Waals surface area contributed by atoms with Gasteiger partial charge in [0.05, 0.1) is 22.5 Å². The number of halogens is 1. The first kappa shape index (κ1) is 17.6. The molecule has 1 aromatic heterocycles. The maximum absolute atomic E-state index is 12.8. The number of rotatable bonds is 2. The van der Waals surface area contributed by atoms with Gasteiger partial charge in [0, 0.05) is 23.7 Å². The van der Waals surface area contributed by atoms with Crippen LogP contribution in [0, 0.1) is 0 Å². The fraction of sp³-hybridized carbons (Fsp3) is 0.316. The molecule has 0 bridgehead atoms. The summed E-state index contributed by atoms with van der Waals surface area (Å²) in [6, 6.07) is 6.75. The van der Waals surface area contributed by atoms with Crippen LogP contribution >= 0.6 is 11.6 Å². The standard InChI is InChI=1S/C19H19ClN4O3/c1-10-4-2-3-7-23(10)13-6-5-11(20)8-14(13)24-15(25)9-12-16(17(24)21)19(27)22-18(12)26/h5-6,8-10H,2-4,7,21H2,1H3,(H,22,26,27). The van der Waals surface area contributed by atoms with E-state index in [1.165, 1.54) is 4.57 Å². The summed E-state index contributed by atoms with van der Waals surface area (Å²) < 4.78 is 1.26. The van der Waals surface area contributed by atoms with Crippen LogP contribution in [0.25, 0.3) is 5.69 Å². The Morgan fingerprint density at radius 3 is 2.63 bits per heavy atom. The molecule has 0 radical (unpaired) electrons. The Hall–Kier alpha value is -2.80. The second-order valence-corrected chi connectivity index (χ2v) is 7.38. The van der Waals surface area contributed by atoms with Gasteiger partial charge in [-0.2, -0.15) is 0 Å². The van der Waals surface area contributed by atoms with Crippen molar-refractivity contribution in [3.8, 4) is 5.69 Å². The number of anilines is 2. The number of piperidine rings is 1. The predicted molar refractivity (Wildman–Crippen MR) is 104 cm³/mol. The summed E-state index contributed by atoms with van der Waals surface area (Å²) in [6.07, 6.45) is 3.26. The van der Waals surface area contributed by atoms with E-state index in [0.717, 1.165) is 37.6 Å². The van der Waals surface area contributed by atoms with E-state index in [9.17, 15) is 14.4 Å². The lowest BCUT2D eigenvalue weighted by Crippen LogP contribution is -2.38. The minimum atomic E-state index is -0.609. The van der Waals surface area contributed by atoms with E-state index in [2.05, 4.69) is 17.1 Å². The highest BCUT2D eigenvalue weighted by Gasteiger charge is 2.32. The lowest BCUT2D eigenvalue weighted by molar-refractivity contribution is 0.0880. The fourth-order valence-electron chi connectivity index (χ4n) is 3.90. The van der Waals surface area contributed by atoms with Crippen LogP contribution in [0.15, 0.2) is 29.1 Å². The smallest absolute Gasteiger partial charge is 0.262 e. The number of carbonyl (C=O) groups is 2. The van der Waals surface area contributed by atoms with Gasteiger partial charge in [-0.1, -0.05) is 11.6 Å². The van der Waals surface area contributed by atoms with E-state index in [0.29, 0.717) is 16.8 Å². The highest BCUT2D eigenvalue weighted by atomic mass is 35.5. The van der Waals surface area contributed by atoms with Crippen LogP contribution in [0.1, 0.15) is 46.9 Å². The zero-order chi connectivity index (χ0) is 19.3. The highest BCUT2D eigenvalue weighted by Crippen LogP contribution is 2.34. The number of nitrogens with one attached hydrogen (secondary N) is 1. The number of hydrogen-bond acceptors (Lipinski definition) is 5. The molecule has 1 fully saturated rings. The number of nitrogens with two attached hydrogens (primary N) is 1. The van der Waals surface area contributed by atoms with Crippen molar-refractivity contribution in [3.63, 3.8) is 0 Å². The Bertz CT molecular complexity index is 1030. The quantitative estimate of drug-likeness (QED) is 0.772. The number of hydrogen-bond donors (Lipinski definition) is 2. The number of nitrogen functional groups attached to an aromatic ring is 1. The van der Waals surface area contributed by atoms with Crippen LogP contribution in [0.4, 0.5) is 11.5 Å². The molecule has 1 aromatic carbocycles. The molecule has 1 unspecified atom stereocenters. The Kier molecular flexibility index (Phi) is 4.19. The van der Waals surface area contributed by atoms with Crippen molar-refractivity contribution in [2.75, 3.05) is 17.2 Å². The second-order valence-electron chi connectivity index (χ2n) is 6.95. The van der Waals surface area contributed by atoms with Gasteiger partial charge in [-0.15, -0.1) is 0 Å². The van der Waals surface area contributed by atoms with E-state index in [1.807, 2.05) is 6.07 Å². The van der Waals surface area contributed by atoms with Gasteiger partial charge in [-0.3, -0.25) is 24.3 Å². The normalized spacial score (nSPS) is 19.2. The molecule has 7 nitrogen and oxygen atoms in total. The minimum absolute atomic E-state index is 0.00803. The average Bonchev–Trinajstić information content (AvgIpc) is 2.90. The zero-order valence-electron chi connectivity index (χ0n) is 14.8. The van der Waals surface area contributed by atoms with Gasteiger partial charge < -0.3 is 10.6 Å². The number of benzene rings is 1. The molecule has 8 heteroatoms. The fourth-order valence-corrected chi connectivity index (χ4v) is 4.07. The van der Waals surface area contributed by atoms with Crippen LogP contribution in [0.3, 0.4) is 0 Å². The summed E-state index contributed by atoms with van der Waals surface area (Å²) >= 11 is 6.21. The topological polar surface area (TPSA) is 97.4 Å². The van der Waals surface area contributed by atoms with Gasteiger partial charge in [0.1, 0.15) is 5.82 Å². The third-order valence-electron chi connectivity index (χ3n) is 5.24. The summed E-state index contributed by atoms with van der Waals surface area (Å²) in [5.41, 5.74) is 7.07. The predicted octanol–water partition coefficient (Wildman–Crippen LogP) is 2.34. The van der Waals surface area contributed by atoms with Gasteiger partial charge in [0.25, 0.3) is 17.4 Å². The molecule has 1 saturated heterocycles. The molecule has 0 aliphatic carbocycles. The van der Waals surface area contributed by atoms with Crippen LogP contribution in [-0.2, 0) is 0 Å². The van der Waals surface area contributed by atoms with Crippen molar-refractivity contribution in [3.05, 3.63) is 50.8 Å². The number of pyridine rings is 1. The molecule has 3 heterocycles. The van der Waals surface area contributed by atoms with Gasteiger partial charge in [0.15, 0.2) is 0 Å². The number of nitrogens with zero attached hydrogens (tertiary/aromatic N) is 2. The Labute approximate surface area is 160 Å². The first-order valence-electron chi connectivity index (χ1n) is 8.86. The first-order valence-corrected chi connectivity index (χ1v) is 9.24. The number of amides is 2. The lowest BCUT2D eigenvalue weighted by Gasteiger charge is -2.37. The second kappa shape index (κ2) is 6.42. The van der Waals surface area contributed by atoms with Gasteiger partial charge in [-0.05, 0) is 44.4 Å². The minimum Gasteiger partial charge on any atom is -0.384 e. The summed E-state index contributed by atoms with van der Waals surface area (Å²) in [4.78, 5) is 39.0. The molecular weight excluding hydrogens is 368 g/mol. The van der Waals surface area contributed by atoms with Gasteiger partial charge in [-0.25, -0.2) is 0 Å². The van der Waals surface area contributed by atoms with Crippen molar-refractivity contribution in [2.24, 2.45) is 0 Å². The van der Waals surface area contributed by atoms with Gasteiger partial charge >= 0.3 is 0 Å². The number of fused-ring (bicyclic) bond motifs is 1. The van der Waals surface area contributed by atoms with E-state index in [-0.39, 0.29) is 16.9 Å². The Morgan fingerprint density at radius 2 is 1.89 bits per heavy atom. The average molecular weight is 387 g/mol. The highest BCUT2D eigenvalue weighted by molar-refractivity contribution is 6.31. The molecule has 1 atom stereocenters. The zero-order valence-corrected chi connectivity index (χ0v) is 15.5. The molecule has 2 amide bonds. The molecule has 4 rings (SSSR count). The summed E-state index contributed by atoms with van der Waals surface area (Å²) in [6.45, 7) is 2.99. The monoisotopic (exact) mass is 386 g/mol. The SMILES string of the molecule is CC1CCCCN1c1ccc(Cl)cc1-n1c(N)c2c(cc1=O)C(=O)NC2=O. The van der Waals surface area contributed by atoms with Crippen molar-refractivity contribution in [1.29, 1.82) is 0 Å². The van der Waals surface area contributed by atoms with Crippen molar-refractivity contribution < 1.29 is 9.59 Å². The Morgan fingerprint density at radius 1 is 1.11 bits per heavy atom. The van der Waals surface area contributed by atoms with Crippen molar-refractivity contribution in [2.45, 2.75) is 32.2 Å². The molecule has 2 aliphatic heterocycles. The third-order valence-corrected chi connectivity index (χ3v) is 5.48. The van der Waals surface area contributed by atoms with E-state index >= 15 is 0 Å². The van der Waals surface area contributed by atoms with Gasteiger partial charge in [0.2, 0.25) is 0 Å². The molecule has 2 aliphatic rings. The lowest BCUT2D eigenvalue weighted by atomic mass is 10.0. The van der Waals surface area contributed by atoms with Crippen LogP contribution in [-0.4, -0.2) is 29.0 Å². The van der Waals surface area contributed by atoms with E-state index in [4.69, 9.17) is 17.3 Å². The van der Waals surface area contributed by atoms with E-state index < -0.39 is 17.4 Å². The molecular formula is C19H19ClN4O3. The molecule has 27 heavy (non-hydrogen) atoms. The third kappa shape index (κ3) is 2.78. The van der Waals surface area contributed by atoms with Crippen molar-refractivity contribution >= 4 is 34.9 Å². The largest absolute Gasteiger partial charge is 0.384 e. The van der Waals surface area contributed by atoms with Crippen LogP contribution < -0.4 is 21.5 Å². The van der Waals surface area contributed by atoms with Crippen molar-refractivity contribution in [1.82, 2.24) is 9.88 Å².